The summed E-state index contributed by atoms with van der Waals surface area (Å²) in [6, 6.07) is 0. The van der Waals surface area contributed by atoms with Crippen LogP contribution in [-0.2, 0) is 27.6 Å². The van der Waals surface area contributed by atoms with E-state index in [9.17, 15) is 4.57 Å². The number of phosphoric ester groups is 1. The van der Waals surface area contributed by atoms with E-state index in [1.807, 2.05) is 6.92 Å². The summed E-state index contributed by atoms with van der Waals surface area (Å²) in [5.41, 5.74) is 1.37. The predicted octanol–water partition coefficient (Wildman–Crippen LogP) is 4.58. The molecule has 0 aromatic rings. The van der Waals surface area contributed by atoms with Crippen LogP contribution in [-0.4, -0.2) is 32.2 Å². The highest BCUT2D eigenvalue weighted by Crippen LogP contribution is 2.53. The summed E-state index contributed by atoms with van der Waals surface area (Å²) in [5.74, 6) is -0.134. The maximum atomic E-state index is 12.5. The first-order valence-electron chi connectivity index (χ1n) is 8.65. The molecule has 1 spiro atoms. The molecular weight excluding hydrogens is 331 g/mol. The Bertz CT molecular complexity index is 499. The van der Waals surface area contributed by atoms with Gasteiger partial charge in [-0.2, -0.15) is 0 Å². The van der Waals surface area contributed by atoms with Gasteiger partial charge in [-0.05, 0) is 33.6 Å². The summed E-state index contributed by atoms with van der Waals surface area (Å²) >= 11 is 0. The van der Waals surface area contributed by atoms with Gasteiger partial charge in [0.1, 0.15) is 5.76 Å². The van der Waals surface area contributed by atoms with E-state index < -0.39 is 13.6 Å². The van der Waals surface area contributed by atoms with Crippen molar-refractivity contribution in [3.05, 3.63) is 24.0 Å². The molecule has 0 bridgehead atoms. The molecule has 2 rings (SSSR count). The molecule has 6 nitrogen and oxygen atoms in total. The van der Waals surface area contributed by atoms with E-state index in [4.69, 9.17) is 23.0 Å². The van der Waals surface area contributed by atoms with Gasteiger partial charge in [0.2, 0.25) is 0 Å². The highest BCUT2D eigenvalue weighted by atomic mass is 31.2. The molecule has 0 unspecified atom stereocenters. The van der Waals surface area contributed by atoms with Crippen LogP contribution in [0.15, 0.2) is 24.0 Å². The molecule has 0 aromatic heterocycles. The first kappa shape index (κ1) is 19.7. The second-order valence-electron chi connectivity index (χ2n) is 5.97. The predicted molar refractivity (Wildman–Crippen MR) is 91.4 cm³/mol. The van der Waals surface area contributed by atoms with Gasteiger partial charge in [-0.1, -0.05) is 18.2 Å². The summed E-state index contributed by atoms with van der Waals surface area (Å²) < 4.78 is 40.2. The Morgan fingerprint density at radius 1 is 1.33 bits per heavy atom. The van der Waals surface area contributed by atoms with E-state index in [0.29, 0.717) is 25.4 Å². The topological polar surface area (TPSA) is 63.2 Å². The van der Waals surface area contributed by atoms with Crippen molar-refractivity contribution in [1.29, 1.82) is 0 Å². The highest BCUT2D eigenvalue weighted by Gasteiger charge is 2.47. The Morgan fingerprint density at radius 2 is 1.96 bits per heavy atom. The van der Waals surface area contributed by atoms with Crippen LogP contribution >= 0.6 is 7.82 Å². The van der Waals surface area contributed by atoms with E-state index in [2.05, 4.69) is 12.7 Å². The van der Waals surface area contributed by atoms with Crippen molar-refractivity contribution in [2.75, 3.05) is 26.4 Å². The molecule has 138 valence electrons. The zero-order valence-electron chi connectivity index (χ0n) is 14.9. The van der Waals surface area contributed by atoms with Crippen molar-refractivity contribution in [2.45, 2.75) is 52.2 Å². The molecule has 0 aromatic carbocycles. The highest BCUT2D eigenvalue weighted by molar-refractivity contribution is 7.48. The zero-order valence-corrected chi connectivity index (χ0v) is 15.8. The van der Waals surface area contributed by atoms with Gasteiger partial charge < -0.3 is 14.0 Å². The Balaban J connectivity index is 2.05. The fraction of sp³-hybridized carbons (Fsp3) is 0.765. The van der Waals surface area contributed by atoms with Crippen LogP contribution in [0, 0.1) is 5.92 Å². The normalized spacial score (nSPS) is 25.3. The molecule has 1 atom stereocenters. The van der Waals surface area contributed by atoms with Gasteiger partial charge >= 0.3 is 7.82 Å². The molecule has 7 heteroatoms. The minimum atomic E-state index is -3.60. The lowest BCUT2D eigenvalue weighted by Gasteiger charge is -2.40. The molecule has 1 saturated carbocycles. The Labute approximate surface area is 144 Å². The first-order valence-corrected chi connectivity index (χ1v) is 10.1. The van der Waals surface area contributed by atoms with E-state index in [1.165, 1.54) is 5.57 Å². The maximum absolute atomic E-state index is 12.5. The monoisotopic (exact) mass is 360 g/mol. The van der Waals surface area contributed by atoms with Crippen LogP contribution in [0.25, 0.3) is 0 Å². The van der Waals surface area contributed by atoms with E-state index in [0.717, 1.165) is 19.3 Å². The largest absolute Gasteiger partial charge is 0.529 e. The van der Waals surface area contributed by atoms with E-state index in [1.54, 1.807) is 13.8 Å². The Morgan fingerprint density at radius 3 is 2.50 bits per heavy atom. The molecule has 0 radical (unpaired) electrons. The quantitative estimate of drug-likeness (QED) is 0.359. The van der Waals surface area contributed by atoms with Crippen LogP contribution in [0.2, 0.25) is 0 Å². The molecule has 0 amide bonds. The van der Waals surface area contributed by atoms with Crippen LogP contribution in [0.5, 0.6) is 0 Å². The fourth-order valence-electron chi connectivity index (χ4n) is 3.33. The second kappa shape index (κ2) is 8.63. The third kappa shape index (κ3) is 4.70. The summed E-state index contributed by atoms with van der Waals surface area (Å²) in [5, 5.41) is 0. The third-order valence-corrected chi connectivity index (χ3v) is 6.03. The van der Waals surface area contributed by atoms with Gasteiger partial charge in [-0.25, -0.2) is 4.57 Å². The summed E-state index contributed by atoms with van der Waals surface area (Å²) in [6.45, 7) is 11.1. The average molecular weight is 360 g/mol. The average Bonchev–Trinajstić information content (AvgIpc) is 2.99. The number of hydrogen-bond donors (Lipinski definition) is 0. The van der Waals surface area contributed by atoms with Crippen LogP contribution in [0.4, 0.5) is 0 Å². The molecule has 1 aliphatic carbocycles. The van der Waals surface area contributed by atoms with E-state index >= 15 is 0 Å². The van der Waals surface area contributed by atoms with Crippen molar-refractivity contribution < 1.29 is 27.6 Å². The molecule has 24 heavy (non-hydrogen) atoms. The lowest BCUT2D eigenvalue weighted by atomic mass is 9.78. The summed E-state index contributed by atoms with van der Waals surface area (Å²) in [6.07, 6.45) is 5.27. The van der Waals surface area contributed by atoms with Gasteiger partial charge in [-0.3, -0.25) is 9.05 Å². The molecule has 2 aliphatic rings. The Hall–Kier alpha value is -0.650. The van der Waals surface area contributed by atoms with Crippen LogP contribution in [0.3, 0.4) is 0 Å². The van der Waals surface area contributed by atoms with Gasteiger partial charge in [-0.15, -0.1) is 0 Å². The number of rotatable bonds is 8. The SMILES string of the molecule is C=C(C[C@@H]1C/C(=C/C)CCC12OCCO2)OP(=O)(OCC)OCC. The van der Waals surface area contributed by atoms with Gasteiger partial charge in [0.15, 0.2) is 5.79 Å². The van der Waals surface area contributed by atoms with Crippen molar-refractivity contribution in [1.82, 2.24) is 0 Å². The van der Waals surface area contributed by atoms with Crippen LogP contribution < -0.4 is 0 Å². The number of phosphoric acid groups is 1. The fourth-order valence-corrected chi connectivity index (χ4v) is 4.53. The molecule has 1 aliphatic heterocycles. The number of ether oxygens (including phenoxy) is 2. The lowest BCUT2D eigenvalue weighted by molar-refractivity contribution is -0.207. The van der Waals surface area contributed by atoms with Gasteiger partial charge in [0.05, 0.1) is 26.4 Å². The van der Waals surface area contributed by atoms with Crippen molar-refractivity contribution in [3.8, 4) is 0 Å². The van der Waals surface area contributed by atoms with Gasteiger partial charge in [0.25, 0.3) is 0 Å². The standard InChI is InChI=1S/C17H29O6P/c1-5-15-8-9-17(19-10-11-20-17)16(13-15)12-14(4)23-24(18,21-6-2)22-7-3/h5,16H,4,6-13H2,1-3H3/b15-5+/t16-/m1/s1. The third-order valence-electron chi connectivity index (χ3n) is 4.40. The van der Waals surface area contributed by atoms with Crippen molar-refractivity contribution in [2.24, 2.45) is 5.92 Å². The minimum Gasteiger partial charge on any atom is -0.409 e. The summed E-state index contributed by atoms with van der Waals surface area (Å²) in [4.78, 5) is 0. The van der Waals surface area contributed by atoms with Crippen molar-refractivity contribution >= 4 is 7.82 Å². The minimum absolute atomic E-state index is 0.0733. The molecule has 1 saturated heterocycles. The maximum Gasteiger partial charge on any atom is 0.529 e. The first-order chi connectivity index (χ1) is 11.5. The van der Waals surface area contributed by atoms with Crippen LogP contribution in [0.1, 0.15) is 46.5 Å². The molecule has 2 fully saturated rings. The summed E-state index contributed by atoms with van der Waals surface area (Å²) in [7, 11) is -3.60. The van der Waals surface area contributed by atoms with E-state index in [-0.39, 0.29) is 19.1 Å². The smallest absolute Gasteiger partial charge is 0.409 e. The lowest BCUT2D eigenvalue weighted by Crippen LogP contribution is -2.42. The molecular formula is C17H29O6P. The molecule has 0 N–H and O–H groups in total. The molecule has 1 heterocycles. The van der Waals surface area contributed by atoms with Gasteiger partial charge in [0, 0.05) is 18.8 Å². The number of allylic oxidation sites excluding steroid dienone is 3. The van der Waals surface area contributed by atoms with Crippen molar-refractivity contribution in [3.63, 3.8) is 0 Å². The second-order valence-corrected chi connectivity index (χ2v) is 7.57. The zero-order chi connectivity index (χ0) is 17.6. The number of hydrogen-bond acceptors (Lipinski definition) is 6. The Kier molecular flexibility index (Phi) is 7.08.